The average Bonchev–Trinajstić information content (AvgIpc) is 2.58. The maximum atomic E-state index is 13.6. The van der Waals surface area contributed by atoms with Gasteiger partial charge in [-0.15, -0.1) is 0 Å². The molecule has 0 radical (unpaired) electrons. The van der Waals surface area contributed by atoms with E-state index in [0.29, 0.717) is 39.0 Å². The van der Waals surface area contributed by atoms with Crippen molar-refractivity contribution in [3.8, 4) is 0 Å². The fourth-order valence-corrected chi connectivity index (χ4v) is 3.97. The number of piperidine rings is 2. The fourth-order valence-electron chi connectivity index (χ4n) is 3.85. The first kappa shape index (κ1) is 18.6. The first-order chi connectivity index (χ1) is 11.9. The summed E-state index contributed by atoms with van der Waals surface area (Å²) in [7, 11) is 1.51. The van der Waals surface area contributed by atoms with Gasteiger partial charge in [-0.3, -0.25) is 9.69 Å². The van der Waals surface area contributed by atoms with Crippen molar-refractivity contribution in [2.24, 2.45) is 5.92 Å². The third-order valence-corrected chi connectivity index (χ3v) is 5.67. The standard InChI is InChI=1S/C18H24ClFN2O3/c1-25-12-17(23)22-7-5-18(24)4-6-21(10-14(18)11-22)9-13-2-3-15(19)16(20)8-13/h2-3,8,14,24H,4-7,9-12H2,1H3/t14-,18-/m1/s1. The summed E-state index contributed by atoms with van der Waals surface area (Å²) in [5.41, 5.74) is 0.140. The highest BCUT2D eigenvalue weighted by atomic mass is 35.5. The first-order valence-electron chi connectivity index (χ1n) is 8.56. The number of aliphatic hydroxyl groups is 1. The summed E-state index contributed by atoms with van der Waals surface area (Å²) in [6.45, 7) is 3.20. The fraction of sp³-hybridized carbons (Fsp3) is 0.611. The van der Waals surface area contributed by atoms with E-state index in [0.717, 1.165) is 12.1 Å². The maximum absolute atomic E-state index is 13.6. The predicted octanol–water partition coefficient (Wildman–Crippen LogP) is 1.91. The smallest absolute Gasteiger partial charge is 0.248 e. The lowest BCUT2D eigenvalue weighted by molar-refractivity contribution is -0.150. The molecule has 2 aliphatic rings. The number of halogens is 2. The molecule has 0 saturated carbocycles. The molecule has 1 N–H and O–H groups in total. The van der Waals surface area contributed by atoms with Crippen molar-refractivity contribution in [1.29, 1.82) is 0 Å². The van der Waals surface area contributed by atoms with E-state index in [1.807, 2.05) is 6.07 Å². The van der Waals surface area contributed by atoms with Gasteiger partial charge in [0.15, 0.2) is 0 Å². The molecule has 2 atom stereocenters. The Hall–Kier alpha value is -1.21. The van der Waals surface area contributed by atoms with Crippen LogP contribution in [-0.2, 0) is 16.1 Å². The van der Waals surface area contributed by atoms with Crippen LogP contribution in [0.4, 0.5) is 4.39 Å². The van der Waals surface area contributed by atoms with Crippen LogP contribution in [0.5, 0.6) is 0 Å². The molecule has 2 heterocycles. The Morgan fingerprint density at radius 2 is 2.16 bits per heavy atom. The van der Waals surface area contributed by atoms with E-state index in [9.17, 15) is 14.3 Å². The zero-order valence-electron chi connectivity index (χ0n) is 14.4. The van der Waals surface area contributed by atoms with E-state index in [2.05, 4.69) is 4.90 Å². The Kier molecular flexibility index (Phi) is 5.63. The molecule has 25 heavy (non-hydrogen) atoms. The largest absolute Gasteiger partial charge is 0.389 e. The van der Waals surface area contributed by atoms with Gasteiger partial charge < -0.3 is 14.7 Å². The van der Waals surface area contributed by atoms with Crippen molar-refractivity contribution in [3.05, 3.63) is 34.6 Å². The summed E-state index contributed by atoms with van der Waals surface area (Å²) in [4.78, 5) is 16.0. The number of methoxy groups -OCH3 is 1. The average molecular weight is 371 g/mol. The van der Waals surface area contributed by atoms with Crippen LogP contribution >= 0.6 is 11.6 Å². The van der Waals surface area contributed by atoms with Crippen LogP contribution in [0, 0.1) is 11.7 Å². The SMILES string of the molecule is COCC(=O)N1CC[C@]2(O)CCN(Cc3ccc(Cl)c(F)c3)C[C@@H]2C1. The molecule has 2 saturated heterocycles. The molecule has 1 aromatic rings. The number of carbonyl (C=O) groups is 1. The number of amides is 1. The van der Waals surface area contributed by atoms with Gasteiger partial charge in [0, 0.05) is 45.8 Å². The summed E-state index contributed by atoms with van der Waals surface area (Å²) < 4.78 is 18.6. The van der Waals surface area contributed by atoms with Crippen LogP contribution in [0.15, 0.2) is 18.2 Å². The lowest BCUT2D eigenvalue weighted by atomic mass is 9.75. The van der Waals surface area contributed by atoms with Gasteiger partial charge in [-0.05, 0) is 30.5 Å². The highest BCUT2D eigenvalue weighted by molar-refractivity contribution is 6.30. The summed E-state index contributed by atoms with van der Waals surface area (Å²) in [5.74, 6) is -0.462. The molecule has 138 valence electrons. The van der Waals surface area contributed by atoms with E-state index >= 15 is 0 Å². The number of ether oxygens (including phenoxy) is 1. The number of hydrogen-bond acceptors (Lipinski definition) is 4. The Morgan fingerprint density at radius 1 is 1.40 bits per heavy atom. The second-order valence-electron chi connectivity index (χ2n) is 7.06. The van der Waals surface area contributed by atoms with Gasteiger partial charge in [0.25, 0.3) is 0 Å². The number of likely N-dealkylation sites (tertiary alicyclic amines) is 2. The molecule has 2 aliphatic heterocycles. The van der Waals surface area contributed by atoms with Crippen LogP contribution < -0.4 is 0 Å². The number of benzene rings is 1. The van der Waals surface area contributed by atoms with Crippen LogP contribution in [0.3, 0.4) is 0 Å². The van der Waals surface area contributed by atoms with Gasteiger partial charge in [0.05, 0.1) is 10.6 Å². The molecule has 7 heteroatoms. The highest BCUT2D eigenvalue weighted by Crippen LogP contribution is 2.36. The number of carbonyl (C=O) groups excluding carboxylic acids is 1. The minimum atomic E-state index is -0.717. The third-order valence-electron chi connectivity index (χ3n) is 5.37. The molecule has 0 spiro atoms. The summed E-state index contributed by atoms with van der Waals surface area (Å²) in [6, 6.07) is 4.85. The van der Waals surface area contributed by atoms with Gasteiger partial charge in [0.1, 0.15) is 12.4 Å². The molecule has 2 fully saturated rings. The van der Waals surface area contributed by atoms with E-state index in [1.165, 1.54) is 13.2 Å². The van der Waals surface area contributed by atoms with Crippen LogP contribution in [0.25, 0.3) is 0 Å². The van der Waals surface area contributed by atoms with Gasteiger partial charge in [-0.1, -0.05) is 17.7 Å². The molecule has 0 unspecified atom stereocenters. The minimum Gasteiger partial charge on any atom is -0.389 e. The third kappa shape index (κ3) is 4.14. The molecule has 0 bridgehead atoms. The van der Waals surface area contributed by atoms with Crippen molar-refractivity contribution in [2.75, 3.05) is 39.9 Å². The number of hydrogen-bond donors (Lipinski definition) is 1. The molecule has 5 nitrogen and oxygen atoms in total. The van der Waals surface area contributed by atoms with E-state index in [1.54, 1.807) is 11.0 Å². The molecule has 1 amide bonds. The lowest BCUT2D eigenvalue weighted by Gasteiger charge is -2.50. The molecule has 3 rings (SSSR count). The van der Waals surface area contributed by atoms with Gasteiger partial charge in [-0.2, -0.15) is 0 Å². The molecule has 0 aromatic heterocycles. The topological polar surface area (TPSA) is 53.0 Å². The summed E-state index contributed by atoms with van der Waals surface area (Å²) in [5, 5.41) is 11.0. The second kappa shape index (κ2) is 7.58. The quantitative estimate of drug-likeness (QED) is 0.879. The normalized spacial score (nSPS) is 27.2. The monoisotopic (exact) mass is 370 g/mol. The van der Waals surface area contributed by atoms with Crippen molar-refractivity contribution < 1.29 is 19.0 Å². The van der Waals surface area contributed by atoms with Crippen molar-refractivity contribution in [3.63, 3.8) is 0 Å². The predicted molar refractivity (Wildman–Crippen MR) is 92.8 cm³/mol. The Labute approximate surface area is 152 Å². The number of nitrogens with zero attached hydrogens (tertiary/aromatic N) is 2. The Morgan fingerprint density at radius 3 is 2.88 bits per heavy atom. The molecular weight excluding hydrogens is 347 g/mol. The van der Waals surface area contributed by atoms with Crippen molar-refractivity contribution >= 4 is 17.5 Å². The second-order valence-corrected chi connectivity index (χ2v) is 7.46. The Bertz CT molecular complexity index is 645. The zero-order chi connectivity index (χ0) is 18.0. The van der Waals surface area contributed by atoms with Crippen molar-refractivity contribution in [1.82, 2.24) is 9.80 Å². The summed E-state index contributed by atoms with van der Waals surface area (Å²) in [6.07, 6.45) is 1.26. The maximum Gasteiger partial charge on any atom is 0.248 e. The molecule has 0 aliphatic carbocycles. The van der Waals surface area contributed by atoms with E-state index in [-0.39, 0.29) is 23.5 Å². The Balaban J connectivity index is 1.64. The summed E-state index contributed by atoms with van der Waals surface area (Å²) >= 11 is 5.73. The lowest BCUT2D eigenvalue weighted by Crippen LogP contribution is -2.60. The molecule has 1 aromatic carbocycles. The van der Waals surface area contributed by atoms with E-state index < -0.39 is 11.4 Å². The van der Waals surface area contributed by atoms with Crippen LogP contribution in [-0.4, -0.2) is 66.3 Å². The minimum absolute atomic E-state index is 0.00652. The van der Waals surface area contributed by atoms with Crippen LogP contribution in [0.2, 0.25) is 5.02 Å². The van der Waals surface area contributed by atoms with Gasteiger partial charge in [-0.25, -0.2) is 4.39 Å². The number of rotatable bonds is 4. The first-order valence-corrected chi connectivity index (χ1v) is 8.94. The molecular formula is C18H24ClFN2O3. The highest BCUT2D eigenvalue weighted by Gasteiger charge is 2.45. The van der Waals surface area contributed by atoms with Gasteiger partial charge in [0.2, 0.25) is 5.91 Å². The number of fused-ring (bicyclic) bond motifs is 1. The van der Waals surface area contributed by atoms with Crippen LogP contribution in [0.1, 0.15) is 18.4 Å². The van der Waals surface area contributed by atoms with Crippen molar-refractivity contribution in [2.45, 2.75) is 25.0 Å². The zero-order valence-corrected chi connectivity index (χ0v) is 15.1. The van der Waals surface area contributed by atoms with Gasteiger partial charge >= 0.3 is 0 Å². The van der Waals surface area contributed by atoms with E-state index in [4.69, 9.17) is 16.3 Å².